The molecule has 34 heavy (non-hydrogen) atoms. The second-order valence-electron chi connectivity index (χ2n) is 8.52. The number of nitrogen functional groups attached to an aromatic ring is 1. The van der Waals surface area contributed by atoms with Gasteiger partial charge in [0.1, 0.15) is 5.75 Å². The highest BCUT2D eigenvalue weighted by Crippen LogP contribution is 2.39. The van der Waals surface area contributed by atoms with Crippen molar-refractivity contribution in [2.45, 2.75) is 26.2 Å². The van der Waals surface area contributed by atoms with Gasteiger partial charge in [-0.2, -0.15) is 0 Å². The lowest BCUT2D eigenvalue weighted by Gasteiger charge is -2.16. The van der Waals surface area contributed by atoms with Crippen molar-refractivity contribution in [3.05, 3.63) is 66.5 Å². The molecule has 174 valence electrons. The van der Waals surface area contributed by atoms with E-state index in [9.17, 15) is 8.42 Å². The standard InChI is InChI=1S/C25H25N5O3S/c1-16-7-10-18-19(4-2-6-22(18)30-34(31,32)15-12-17-8-9-17)23(16)33-24-20(5-3-13-27-24)21-11-14-28-25(26)29-21/h2-7,10-11,13-14,17,30H,8-9,12,15H2,1H3,(H2,26,28,29). The Kier molecular flexibility index (Phi) is 5.79. The Balaban J connectivity index is 1.52. The lowest BCUT2D eigenvalue weighted by molar-refractivity contribution is 0.466. The Labute approximate surface area is 198 Å². The lowest BCUT2D eigenvalue weighted by atomic mass is 10.0. The highest BCUT2D eigenvalue weighted by molar-refractivity contribution is 7.92. The Hall–Kier alpha value is -3.72. The van der Waals surface area contributed by atoms with Crippen LogP contribution >= 0.6 is 0 Å². The summed E-state index contributed by atoms with van der Waals surface area (Å²) in [6.07, 6.45) is 6.17. The fourth-order valence-electron chi connectivity index (χ4n) is 3.90. The first kappa shape index (κ1) is 22.1. The molecule has 0 spiro atoms. The van der Waals surface area contributed by atoms with Crippen LogP contribution < -0.4 is 15.2 Å². The summed E-state index contributed by atoms with van der Waals surface area (Å²) in [6.45, 7) is 1.94. The predicted octanol–water partition coefficient (Wildman–Crippen LogP) is 4.92. The van der Waals surface area contributed by atoms with Gasteiger partial charge < -0.3 is 10.5 Å². The van der Waals surface area contributed by atoms with Crippen molar-refractivity contribution in [1.29, 1.82) is 0 Å². The van der Waals surface area contributed by atoms with Gasteiger partial charge >= 0.3 is 0 Å². The summed E-state index contributed by atoms with van der Waals surface area (Å²) >= 11 is 0. The molecule has 3 N–H and O–H groups in total. The van der Waals surface area contributed by atoms with Gasteiger partial charge in [-0.1, -0.05) is 37.1 Å². The molecule has 1 aliphatic rings. The monoisotopic (exact) mass is 475 g/mol. The molecule has 5 rings (SSSR count). The fraction of sp³-hybridized carbons (Fsp3) is 0.240. The molecule has 1 fully saturated rings. The van der Waals surface area contributed by atoms with E-state index in [1.165, 1.54) is 0 Å². The van der Waals surface area contributed by atoms with Crippen LogP contribution in [0.5, 0.6) is 11.6 Å². The SMILES string of the molecule is Cc1ccc2c(NS(=O)(=O)CCC3CC3)cccc2c1Oc1ncccc1-c1ccnc(N)n1. The van der Waals surface area contributed by atoms with E-state index in [-0.39, 0.29) is 11.7 Å². The van der Waals surface area contributed by atoms with Crippen molar-refractivity contribution in [1.82, 2.24) is 15.0 Å². The molecule has 0 aliphatic heterocycles. The van der Waals surface area contributed by atoms with Gasteiger partial charge in [0.05, 0.1) is 22.7 Å². The quantitative estimate of drug-likeness (QED) is 0.371. The van der Waals surface area contributed by atoms with Crippen molar-refractivity contribution >= 4 is 32.4 Å². The van der Waals surface area contributed by atoms with Crippen LogP contribution in [0.3, 0.4) is 0 Å². The number of nitrogens with zero attached hydrogens (tertiary/aromatic N) is 3. The van der Waals surface area contributed by atoms with Crippen molar-refractivity contribution < 1.29 is 13.2 Å². The zero-order valence-corrected chi connectivity index (χ0v) is 19.5. The summed E-state index contributed by atoms with van der Waals surface area (Å²) in [5, 5.41) is 1.53. The second kappa shape index (κ2) is 8.90. The summed E-state index contributed by atoms with van der Waals surface area (Å²) in [4.78, 5) is 12.7. The summed E-state index contributed by atoms with van der Waals surface area (Å²) < 4.78 is 34.4. The minimum atomic E-state index is -3.44. The number of aromatic nitrogens is 3. The second-order valence-corrected chi connectivity index (χ2v) is 10.4. The summed E-state index contributed by atoms with van der Waals surface area (Å²) in [5.41, 5.74) is 8.45. The molecule has 0 atom stereocenters. The molecule has 0 radical (unpaired) electrons. The molecule has 0 bridgehead atoms. The van der Waals surface area contributed by atoms with Gasteiger partial charge in [-0.3, -0.25) is 4.72 Å². The van der Waals surface area contributed by atoms with E-state index in [0.717, 1.165) is 29.2 Å². The predicted molar refractivity (Wildman–Crippen MR) is 133 cm³/mol. The number of hydrogen-bond donors (Lipinski definition) is 2. The number of pyridine rings is 1. The summed E-state index contributed by atoms with van der Waals surface area (Å²) in [5.74, 6) is 1.80. The molecule has 2 aromatic heterocycles. The van der Waals surface area contributed by atoms with Crippen LogP contribution in [0.4, 0.5) is 11.6 Å². The van der Waals surface area contributed by atoms with Crippen LogP contribution in [-0.4, -0.2) is 29.1 Å². The number of ether oxygens (including phenoxy) is 1. The van der Waals surface area contributed by atoms with Gasteiger partial charge in [0.25, 0.3) is 0 Å². The molecular formula is C25H25N5O3S. The molecule has 0 saturated heterocycles. The number of fused-ring (bicyclic) bond motifs is 1. The minimum absolute atomic E-state index is 0.128. The van der Waals surface area contributed by atoms with Gasteiger partial charge in [-0.15, -0.1) is 0 Å². The minimum Gasteiger partial charge on any atom is -0.437 e. The lowest BCUT2D eigenvalue weighted by Crippen LogP contribution is -2.17. The number of hydrogen-bond acceptors (Lipinski definition) is 7. The maximum absolute atomic E-state index is 12.7. The third-order valence-corrected chi connectivity index (χ3v) is 7.19. The van der Waals surface area contributed by atoms with Crippen LogP contribution in [0.25, 0.3) is 22.0 Å². The van der Waals surface area contributed by atoms with E-state index in [0.29, 0.717) is 40.9 Å². The molecule has 0 amide bonds. The van der Waals surface area contributed by atoms with E-state index < -0.39 is 10.0 Å². The van der Waals surface area contributed by atoms with Crippen LogP contribution in [0.15, 0.2) is 60.9 Å². The van der Waals surface area contributed by atoms with E-state index >= 15 is 0 Å². The molecular weight excluding hydrogens is 450 g/mol. The van der Waals surface area contributed by atoms with Gasteiger partial charge in [0.2, 0.25) is 21.9 Å². The van der Waals surface area contributed by atoms with E-state index in [4.69, 9.17) is 10.5 Å². The summed E-state index contributed by atoms with van der Waals surface area (Å²) in [6, 6.07) is 14.7. The molecule has 1 saturated carbocycles. The molecule has 2 aromatic carbocycles. The number of nitrogens with two attached hydrogens (primary N) is 1. The van der Waals surface area contributed by atoms with Gasteiger partial charge in [0.15, 0.2) is 0 Å². The first-order chi connectivity index (χ1) is 16.4. The van der Waals surface area contributed by atoms with Crippen molar-refractivity contribution in [2.75, 3.05) is 16.2 Å². The largest absolute Gasteiger partial charge is 0.437 e. The summed E-state index contributed by atoms with van der Waals surface area (Å²) in [7, 11) is -3.44. The van der Waals surface area contributed by atoms with E-state index in [2.05, 4.69) is 19.7 Å². The normalized spacial score (nSPS) is 13.7. The number of sulfonamides is 1. The Morgan fingerprint density at radius 2 is 1.88 bits per heavy atom. The van der Waals surface area contributed by atoms with Gasteiger partial charge in [-0.05, 0) is 49.1 Å². The zero-order valence-electron chi connectivity index (χ0n) is 18.7. The number of anilines is 2. The fourth-order valence-corrected chi connectivity index (χ4v) is 5.16. The number of benzene rings is 2. The average Bonchev–Trinajstić information content (AvgIpc) is 3.65. The van der Waals surface area contributed by atoms with Crippen molar-refractivity contribution in [3.8, 4) is 22.9 Å². The molecule has 4 aromatic rings. The van der Waals surface area contributed by atoms with Crippen molar-refractivity contribution in [3.63, 3.8) is 0 Å². The Morgan fingerprint density at radius 1 is 1.03 bits per heavy atom. The Bertz CT molecular complexity index is 1470. The molecule has 0 unspecified atom stereocenters. The topological polar surface area (TPSA) is 120 Å². The Morgan fingerprint density at radius 3 is 2.68 bits per heavy atom. The maximum Gasteiger partial charge on any atom is 0.232 e. The smallest absolute Gasteiger partial charge is 0.232 e. The third-order valence-electron chi connectivity index (χ3n) is 5.89. The zero-order chi connectivity index (χ0) is 23.7. The van der Waals surface area contributed by atoms with Crippen LogP contribution in [-0.2, 0) is 10.0 Å². The van der Waals surface area contributed by atoms with Gasteiger partial charge in [-0.25, -0.2) is 23.4 Å². The first-order valence-electron chi connectivity index (χ1n) is 11.1. The van der Waals surface area contributed by atoms with Crippen molar-refractivity contribution in [2.24, 2.45) is 5.92 Å². The molecule has 2 heterocycles. The highest BCUT2D eigenvalue weighted by atomic mass is 32.2. The molecule has 8 nitrogen and oxygen atoms in total. The van der Waals surface area contributed by atoms with E-state index in [1.54, 1.807) is 30.6 Å². The first-order valence-corrected chi connectivity index (χ1v) is 12.8. The average molecular weight is 476 g/mol. The number of nitrogens with one attached hydrogen (secondary N) is 1. The van der Waals surface area contributed by atoms with E-state index in [1.807, 2.05) is 37.3 Å². The number of rotatable bonds is 8. The van der Waals surface area contributed by atoms with Gasteiger partial charge in [0, 0.05) is 23.2 Å². The molecule has 9 heteroatoms. The van der Waals surface area contributed by atoms with Crippen LogP contribution in [0.1, 0.15) is 24.8 Å². The number of aryl methyl sites for hydroxylation is 1. The molecule has 1 aliphatic carbocycles. The third kappa shape index (κ3) is 4.79. The van der Waals surface area contributed by atoms with Crippen LogP contribution in [0.2, 0.25) is 0 Å². The van der Waals surface area contributed by atoms with Crippen LogP contribution in [0, 0.1) is 12.8 Å². The highest BCUT2D eigenvalue weighted by Gasteiger charge is 2.24. The maximum atomic E-state index is 12.7.